The fraction of sp³-hybridized carbons (Fsp3) is 1.00. The van der Waals surface area contributed by atoms with E-state index in [1.807, 2.05) is 11.8 Å². The topological polar surface area (TPSA) is 29.3 Å². The summed E-state index contributed by atoms with van der Waals surface area (Å²) < 4.78 is 0. The highest BCUT2D eigenvalue weighted by Gasteiger charge is 2.24. The zero-order valence-corrected chi connectivity index (χ0v) is 11.1. The third-order valence-electron chi connectivity index (χ3n) is 2.94. The third-order valence-corrected chi connectivity index (χ3v) is 3.58. The van der Waals surface area contributed by atoms with Crippen LogP contribution in [0.15, 0.2) is 0 Å². The summed E-state index contributed by atoms with van der Waals surface area (Å²) in [5.74, 6) is 2.19. The van der Waals surface area contributed by atoms with E-state index in [1.54, 1.807) is 0 Å². The molecule has 2 nitrogen and oxygen atoms in total. The Morgan fingerprint density at radius 2 is 2.20 bits per heavy atom. The molecule has 1 aliphatic rings. The van der Waals surface area contributed by atoms with E-state index in [1.165, 1.54) is 38.1 Å². The maximum absolute atomic E-state index is 6.13. The number of hydrogen-bond donors (Lipinski definition) is 1. The van der Waals surface area contributed by atoms with Crippen LogP contribution in [0.4, 0.5) is 0 Å². The average molecular weight is 230 g/mol. The van der Waals surface area contributed by atoms with Crippen molar-refractivity contribution in [2.75, 3.05) is 31.6 Å². The van der Waals surface area contributed by atoms with E-state index in [2.05, 4.69) is 18.1 Å². The monoisotopic (exact) mass is 230 g/mol. The Balaban J connectivity index is 2.15. The first kappa shape index (κ1) is 13.3. The SMILES string of the molecule is CCCN(CC1CC1)C[C@@H](N)CCSC. The summed E-state index contributed by atoms with van der Waals surface area (Å²) >= 11 is 1.90. The molecule has 0 bridgehead atoms. The summed E-state index contributed by atoms with van der Waals surface area (Å²) in [7, 11) is 0. The first-order valence-electron chi connectivity index (χ1n) is 6.23. The van der Waals surface area contributed by atoms with Crippen LogP contribution in [0, 0.1) is 5.92 Å². The lowest BCUT2D eigenvalue weighted by molar-refractivity contribution is 0.245. The van der Waals surface area contributed by atoms with E-state index in [4.69, 9.17) is 5.73 Å². The predicted molar refractivity (Wildman–Crippen MR) is 70.4 cm³/mol. The second-order valence-corrected chi connectivity index (χ2v) is 5.73. The second-order valence-electron chi connectivity index (χ2n) is 4.74. The molecule has 15 heavy (non-hydrogen) atoms. The summed E-state index contributed by atoms with van der Waals surface area (Å²) in [6.07, 6.45) is 7.45. The van der Waals surface area contributed by atoms with Gasteiger partial charge >= 0.3 is 0 Å². The molecule has 0 heterocycles. The van der Waals surface area contributed by atoms with Crippen LogP contribution in [0.5, 0.6) is 0 Å². The standard InChI is InChI=1S/C12H26N2S/c1-3-7-14(9-11-4-5-11)10-12(13)6-8-15-2/h11-12H,3-10,13H2,1-2H3/t12-/m0/s1. The lowest BCUT2D eigenvalue weighted by Crippen LogP contribution is -2.39. The van der Waals surface area contributed by atoms with Gasteiger partial charge in [-0.25, -0.2) is 0 Å². The highest BCUT2D eigenvalue weighted by molar-refractivity contribution is 7.98. The van der Waals surface area contributed by atoms with Gasteiger partial charge in [0.25, 0.3) is 0 Å². The molecular weight excluding hydrogens is 204 g/mol. The molecule has 0 radical (unpaired) electrons. The van der Waals surface area contributed by atoms with E-state index in [-0.39, 0.29) is 0 Å². The molecule has 0 unspecified atom stereocenters. The summed E-state index contributed by atoms with van der Waals surface area (Å²) in [5.41, 5.74) is 6.13. The summed E-state index contributed by atoms with van der Waals surface area (Å²) in [4.78, 5) is 2.57. The largest absolute Gasteiger partial charge is 0.327 e. The molecule has 0 spiro atoms. The van der Waals surface area contributed by atoms with Crippen LogP contribution in [0.2, 0.25) is 0 Å². The van der Waals surface area contributed by atoms with Crippen molar-refractivity contribution in [2.24, 2.45) is 11.7 Å². The Labute approximate surface area is 99.0 Å². The molecule has 0 amide bonds. The molecule has 0 aromatic heterocycles. The number of nitrogens with zero attached hydrogens (tertiary/aromatic N) is 1. The number of rotatable bonds is 9. The number of nitrogens with two attached hydrogens (primary N) is 1. The van der Waals surface area contributed by atoms with E-state index < -0.39 is 0 Å². The lowest BCUT2D eigenvalue weighted by Gasteiger charge is -2.25. The van der Waals surface area contributed by atoms with Crippen LogP contribution in [-0.4, -0.2) is 42.6 Å². The molecule has 1 rings (SSSR count). The number of hydrogen-bond acceptors (Lipinski definition) is 3. The maximum Gasteiger partial charge on any atom is 0.0175 e. The summed E-state index contributed by atoms with van der Waals surface area (Å²) in [6, 6.07) is 0.378. The van der Waals surface area contributed by atoms with Gasteiger partial charge in [-0.3, -0.25) is 0 Å². The molecule has 0 aromatic rings. The van der Waals surface area contributed by atoms with Crippen LogP contribution < -0.4 is 5.73 Å². The number of thioether (sulfide) groups is 1. The zero-order chi connectivity index (χ0) is 11.1. The van der Waals surface area contributed by atoms with Crippen LogP contribution in [0.25, 0.3) is 0 Å². The van der Waals surface area contributed by atoms with Crippen LogP contribution in [0.1, 0.15) is 32.6 Å². The van der Waals surface area contributed by atoms with Crippen molar-refractivity contribution >= 4 is 11.8 Å². The van der Waals surface area contributed by atoms with Crippen molar-refractivity contribution in [1.29, 1.82) is 0 Å². The van der Waals surface area contributed by atoms with Gasteiger partial charge in [0.1, 0.15) is 0 Å². The average Bonchev–Trinajstić information content (AvgIpc) is 2.99. The van der Waals surface area contributed by atoms with Crippen molar-refractivity contribution in [2.45, 2.75) is 38.6 Å². The normalized spacial score (nSPS) is 18.4. The van der Waals surface area contributed by atoms with Crippen molar-refractivity contribution < 1.29 is 0 Å². The third kappa shape index (κ3) is 6.44. The molecule has 90 valence electrons. The summed E-state index contributed by atoms with van der Waals surface area (Å²) in [6.45, 7) is 5.88. The maximum atomic E-state index is 6.13. The van der Waals surface area contributed by atoms with Gasteiger partial charge < -0.3 is 10.6 Å². The second kappa shape index (κ2) is 7.53. The first-order valence-corrected chi connectivity index (χ1v) is 7.62. The van der Waals surface area contributed by atoms with Gasteiger partial charge in [0.05, 0.1) is 0 Å². The van der Waals surface area contributed by atoms with Crippen molar-refractivity contribution in [3.05, 3.63) is 0 Å². The van der Waals surface area contributed by atoms with Gasteiger partial charge in [-0.2, -0.15) is 11.8 Å². The van der Waals surface area contributed by atoms with Crippen LogP contribution >= 0.6 is 11.8 Å². The van der Waals surface area contributed by atoms with E-state index in [0.29, 0.717) is 6.04 Å². The van der Waals surface area contributed by atoms with Gasteiger partial charge in [-0.05, 0) is 50.2 Å². The van der Waals surface area contributed by atoms with E-state index in [9.17, 15) is 0 Å². The molecule has 1 saturated carbocycles. The van der Waals surface area contributed by atoms with Gasteiger partial charge in [0.2, 0.25) is 0 Å². The highest BCUT2D eigenvalue weighted by atomic mass is 32.2. The molecule has 2 N–H and O–H groups in total. The molecule has 0 saturated heterocycles. The Kier molecular flexibility index (Phi) is 6.69. The highest BCUT2D eigenvalue weighted by Crippen LogP contribution is 2.29. The predicted octanol–water partition coefficient (Wildman–Crippen LogP) is 2.19. The smallest absolute Gasteiger partial charge is 0.0175 e. The van der Waals surface area contributed by atoms with Gasteiger partial charge in [0, 0.05) is 19.1 Å². The lowest BCUT2D eigenvalue weighted by atomic mass is 10.2. The van der Waals surface area contributed by atoms with Crippen LogP contribution in [0.3, 0.4) is 0 Å². The molecule has 1 aliphatic carbocycles. The minimum absolute atomic E-state index is 0.378. The molecule has 3 heteroatoms. The molecule has 1 fully saturated rings. The summed E-state index contributed by atoms with van der Waals surface area (Å²) in [5, 5.41) is 0. The van der Waals surface area contributed by atoms with Gasteiger partial charge in [-0.1, -0.05) is 6.92 Å². The van der Waals surface area contributed by atoms with Crippen LogP contribution in [-0.2, 0) is 0 Å². The van der Waals surface area contributed by atoms with Gasteiger partial charge in [-0.15, -0.1) is 0 Å². The van der Waals surface area contributed by atoms with Crippen molar-refractivity contribution in [1.82, 2.24) is 4.90 Å². The first-order chi connectivity index (χ1) is 7.26. The Morgan fingerprint density at radius 3 is 2.73 bits per heavy atom. The molecule has 1 atom stereocenters. The Bertz CT molecular complexity index is 160. The van der Waals surface area contributed by atoms with E-state index >= 15 is 0 Å². The quantitative estimate of drug-likeness (QED) is 0.658. The Hall–Kier alpha value is 0.270. The molecule has 0 aliphatic heterocycles. The fourth-order valence-electron chi connectivity index (χ4n) is 1.93. The Morgan fingerprint density at radius 1 is 1.47 bits per heavy atom. The zero-order valence-electron chi connectivity index (χ0n) is 10.2. The van der Waals surface area contributed by atoms with Crippen molar-refractivity contribution in [3.63, 3.8) is 0 Å². The van der Waals surface area contributed by atoms with Crippen molar-refractivity contribution in [3.8, 4) is 0 Å². The molecular formula is C12H26N2S. The van der Waals surface area contributed by atoms with E-state index in [0.717, 1.165) is 18.9 Å². The molecule has 0 aromatic carbocycles. The fourth-order valence-corrected chi connectivity index (χ4v) is 2.47. The minimum Gasteiger partial charge on any atom is -0.327 e. The minimum atomic E-state index is 0.378. The van der Waals surface area contributed by atoms with Gasteiger partial charge in [0.15, 0.2) is 0 Å².